The van der Waals surface area contributed by atoms with E-state index in [0.717, 1.165) is 31.6 Å². The van der Waals surface area contributed by atoms with Crippen LogP contribution in [0.5, 0.6) is 5.75 Å². The highest BCUT2D eigenvalue weighted by Gasteiger charge is 2.32. The number of hydrogen-bond acceptors (Lipinski definition) is 3. The van der Waals surface area contributed by atoms with Crippen molar-refractivity contribution in [1.82, 2.24) is 10.2 Å². The van der Waals surface area contributed by atoms with Gasteiger partial charge in [0.05, 0.1) is 7.11 Å². The molecule has 1 fully saturated rings. The summed E-state index contributed by atoms with van der Waals surface area (Å²) in [5.41, 5.74) is 1.07. The van der Waals surface area contributed by atoms with Crippen LogP contribution in [0.15, 0.2) is 18.2 Å². The van der Waals surface area contributed by atoms with Crippen LogP contribution in [0.25, 0.3) is 0 Å². The summed E-state index contributed by atoms with van der Waals surface area (Å²) >= 11 is 0. The molecular formula is C17H27FN2O. The van der Waals surface area contributed by atoms with E-state index in [1.165, 1.54) is 20.0 Å². The van der Waals surface area contributed by atoms with E-state index in [-0.39, 0.29) is 5.82 Å². The summed E-state index contributed by atoms with van der Waals surface area (Å²) in [4.78, 5) is 2.51. The summed E-state index contributed by atoms with van der Waals surface area (Å²) < 4.78 is 19.1. The fourth-order valence-corrected chi connectivity index (χ4v) is 3.52. The summed E-state index contributed by atoms with van der Waals surface area (Å²) in [6, 6.07) is 5.72. The molecule has 1 aromatic carbocycles. The molecule has 0 aliphatic carbocycles. The average Bonchev–Trinajstić information content (AvgIpc) is 2.48. The maximum Gasteiger partial charge on any atom is 0.165 e. The first kappa shape index (κ1) is 16.2. The Bertz CT molecular complexity index is 434. The summed E-state index contributed by atoms with van der Waals surface area (Å²) in [5.74, 6) is 0.588. The number of nitrogens with one attached hydrogen (secondary N) is 1. The van der Waals surface area contributed by atoms with Crippen molar-refractivity contribution in [1.29, 1.82) is 0 Å². The topological polar surface area (TPSA) is 24.5 Å². The molecule has 21 heavy (non-hydrogen) atoms. The van der Waals surface area contributed by atoms with Crippen LogP contribution in [0.4, 0.5) is 4.39 Å². The molecule has 3 nitrogen and oxygen atoms in total. The Hall–Kier alpha value is -1.13. The average molecular weight is 294 g/mol. The third-order valence-corrected chi connectivity index (χ3v) is 4.35. The Balaban J connectivity index is 2.30. The number of methoxy groups -OCH3 is 1. The molecule has 0 bridgehead atoms. The molecule has 0 spiro atoms. The molecule has 1 saturated heterocycles. The Morgan fingerprint density at radius 2 is 2.24 bits per heavy atom. The molecule has 1 N–H and O–H groups in total. The van der Waals surface area contributed by atoms with Gasteiger partial charge in [-0.2, -0.15) is 0 Å². The number of likely N-dealkylation sites (tertiary alicyclic amines) is 1. The van der Waals surface area contributed by atoms with Gasteiger partial charge in [0.2, 0.25) is 0 Å². The van der Waals surface area contributed by atoms with Gasteiger partial charge in [-0.25, -0.2) is 4.39 Å². The number of halogens is 1. The highest BCUT2D eigenvalue weighted by atomic mass is 19.1. The van der Waals surface area contributed by atoms with Crippen LogP contribution in [-0.4, -0.2) is 38.7 Å². The molecule has 118 valence electrons. The molecule has 2 atom stereocenters. The lowest BCUT2D eigenvalue weighted by Crippen LogP contribution is -2.42. The van der Waals surface area contributed by atoms with Gasteiger partial charge in [0.1, 0.15) is 0 Å². The van der Waals surface area contributed by atoms with Gasteiger partial charge in [-0.05, 0) is 69.6 Å². The Morgan fingerprint density at radius 1 is 1.43 bits per heavy atom. The van der Waals surface area contributed by atoms with Gasteiger partial charge in [0, 0.05) is 6.04 Å². The van der Waals surface area contributed by atoms with Crippen molar-refractivity contribution in [2.75, 3.05) is 33.8 Å². The van der Waals surface area contributed by atoms with E-state index in [2.05, 4.69) is 17.1 Å². The number of ether oxygens (including phenoxy) is 1. The van der Waals surface area contributed by atoms with E-state index in [9.17, 15) is 4.39 Å². The predicted molar refractivity (Wildman–Crippen MR) is 84.2 cm³/mol. The predicted octanol–water partition coefficient (Wildman–Crippen LogP) is 3.22. The Kier molecular flexibility index (Phi) is 6.00. The minimum Gasteiger partial charge on any atom is -0.494 e. The van der Waals surface area contributed by atoms with Gasteiger partial charge in [0.25, 0.3) is 0 Å². The monoisotopic (exact) mass is 294 g/mol. The fourth-order valence-electron chi connectivity index (χ4n) is 3.52. The molecule has 1 aliphatic heterocycles. The zero-order valence-electron chi connectivity index (χ0n) is 13.4. The smallest absolute Gasteiger partial charge is 0.165 e. The molecule has 0 amide bonds. The molecule has 1 heterocycles. The van der Waals surface area contributed by atoms with Crippen molar-refractivity contribution in [2.45, 2.75) is 32.2 Å². The second-order valence-electron chi connectivity index (χ2n) is 5.83. The first-order valence-electron chi connectivity index (χ1n) is 7.93. The Labute approximate surface area is 127 Å². The molecule has 0 saturated carbocycles. The van der Waals surface area contributed by atoms with Gasteiger partial charge in [-0.1, -0.05) is 13.0 Å². The van der Waals surface area contributed by atoms with Crippen LogP contribution in [0.3, 0.4) is 0 Å². The molecule has 2 unspecified atom stereocenters. The molecule has 0 radical (unpaired) electrons. The van der Waals surface area contributed by atoms with E-state index in [0.29, 0.717) is 17.7 Å². The van der Waals surface area contributed by atoms with E-state index >= 15 is 0 Å². The minimum atomic E-state index is -0.264. The number of piperidine rings is 1. The van der Waals surface area contributed by atoms with Crippen molar-refractivity contribution >= 4 is 0 Å². The third kappa shape index (κ3) is 3.74. The second kappa shape index (κ2) is 7.76. The molecular weight excluding hydrogens is 267 g/mol. The third-order valence-electron chi connectivity index (χ3n) is 4.35. The highest BCUT2D eigenvalue weighted by molar-refractivity contribution is 5.31. The first-order valence-corrected chi connectivity index (χ1v) is 7.93. The van der Waals surface area contributed by atoms with E-state index in [1.54, 1.807) is 12.1 Å². The lowest BCUT2D eigenvalue weighted by Gasteiger charge is -2.42. The van der Waals surface area contributed by atoms with E-state index in [4.69, 9.17) is 4.74 Å². The fraction of sp³-hybridized carbons (Fsp3) is 0.647. The Morgan fingerprint density at radius 3 is 2.86 bits per heavy atom. The van der Waals surface area contributed by atoms with Crippen LogP contribution in [0.2, 0.25) is 0 Å². The molecule has 4 heteroatoms. The van der Waals surface area contributed by atoms with Crippen molar-refractivity contribution in [3.8, 4) is 5.75 Å². The first-order chi connectivity index (χ1) is 10.2. The van der Waals surface area contributed by atoms with Gasteiger partial charge in [0.15, 0.2) is 11.6 Å². The highest BCUT2D eigenvalue weighted by Crippen LogP contribution is 2.37. The van der Waals surface area contributed by atoms with Crippen LogP contribution in [-0.2, 0) is 0 Å². The zero-order valence-corrected chi connectivity index (χ0v) is 13.4. The largest absolute Gasteiger partial charge is 0.494 e. The molecule has 2 rings (SSSR count). The van der Waals surface area contributed by atoms with Crippen LogP contribution in [0, 0.1) is 11.7 Å². The zero-order chi connectivity index (χ0) is 15.2. The minimum absolute atomic E-state index is 0.264. The number of rotatable bonds is 6. The van der Waals surface area contributed by atoms with Gasteiger partial charge >= 0.3 is 0 Å². The summed E-state index contributed by atoms with van der Waals surface area (Å²) in [7, 11) is 3.50. The molecule has 1 aliphatic rings. The molecule has 1 aromatic rings. The van der Waals surface area contributed by atoms with Crippen molar-refractivity contribution in [2.24, 2.45) is 5.92 Å². The van der Waals surface area contributed by atoms with E-state index in [1.807, 2.05) is 13.1 Å². The second-order valence-corrected chi connectivity index (χ2v) is 5.83. The van der Waals surface area contributed by atoms with Gasteiger partial charge < -0.3 is 10.1 Å². The standard InChI is InChI=1S/C17H27FN2O/c1-4-9-20-10-5-6-14(12-19-2)17(20)13-7-8-16(21-3)15(18)11-13/h7-8,11,14,17,19H,4-6,9-10,12H2,1-3H3. The molecule has 0 aromatic heterocycles. The van der Waals surface area contributed by atoms with Crippen molar-refractivity contribution < 1.29 is 9.13 Å². The number of benzene rings is 1. The summed E-state index contributed by atoms with van der Waals surface area (Å²) in [6.07, 6.45) is 3.54. The maximum absolute atomic E-state index is 14.1. The van der Waals surface area contributed by atoms with Crippen LogP contribution in [0.1, 0.15) is 37.8 Å². The van der Waals surface area contributed by atoms with Crippen molar-refractivity contribution in [3.05, 3.63) is 29.6 Å². The normalized spacial score (nSPS) is 23.2. The lowest BCUT2D eigenvalue weighted by molar-refractivity contribution is 0.0921. The quantitative estimate of drug-likeness (QED) is 0.872. The van der Waals surface area contributed by atoms with Crippen molar-refractivity contribution in [3.63, 3.8) is 0 Å². The SMILES string of the molecule is CCCN1CCCC(CNC)C1c1ccc(OC)c(F)c1. The lowest BCUT2D eigenvalue weighted by atomic mass is 9.84. The maximum atomic E-state index is 14.1. The van der Waals surface area contributed by atoms with Crippen LogP contribution < -0.4 is 10.1 Å². The van der Waals surface area contributed by atoms with E-state index < -0.39 is 0 Å². The summed E-state index contributed by atoms with van der Waals surface area (Å²) in [5, 5.41) is 3.29. The summed E-state index contributed by atoms with van der Waals surface area (Å²) in [6.45, 7) is 5.34. The van der Waals surface area contributed by atoms with Crippen LogP contribution >= 0.6 is 0 Å². The van der Waals surface area contributed by atoms with Gasteiger partial charge in [-0.3, -0.25) is 4.90 Å². The van der Waals surface area contributed by atoms with Gasteiger partial charge in [-0.15, -0.1) is 0 Å². The number of hydrogen-bond donors (Lipinski definition) is 1. The number of nitrogens with zero attached hydrogens (tertiary/aromatic N) is 1.